The first-order chi connectivity index (χ1) is 9.23. The van der Waals surface area contributed by atoms with Gasteiger partial charge in [-0.3, -0.25) is 0 Å². The molecule has 114 valence electrons. The van der Waals surface area contributed by atoms with Crippen molar-refractivity contribution in [1.82, 2.24) is 0 Å². The Balaban J connectivity index is 2.65. The zero-order valence-corrected chi connectivity index (χ0v) is 13.8. The van der Waals surface area contributed by atoms with Gasteiger partial charge in [0, 0.05) is 0 Å². The van der Waals surface area contributed by atoms with E-state index in [-0.39, 0.29) is 0 Å². The van der Waals surface area contributed by atoms with Gasteiger partial charge in [-0.1, -0.05) is 24.1 Å². The van der Waals surface area contributed by atoms with Crippen LogP contribution in [-0.2, 0) is 6.42 Å². The topological polar surface area (TPSA) is 46.2 Å². The number of benzene rings is 1. The maximum absolute atomic E-state index is 9.78. The predicted octanol–water partition coefficient (Wildman–Crippen LogP) is 3.67. The van der Waals surface area contributed by atoms with E-state index in [4.69, 9.17) is 5.73 Å². The zero-order chi connectivity index (χ0) is 15.3. The third kappa shape index (κ3) is 5.64. The van der Waals surface area contributed by atoms with Gasteiger partial charge in [0.05, 0.1) is 5.60 Å². The highest BCUT2D eigenvalue weighted by atomic mass is 16.3. The quantitative estimate of drug-likeness (QED) is 0.799. The standard InChI is InChI=1S/C18H31NO/c1-13-9-14(2)17(15(3)10-13)11-16(12-19)7-6-8-18(4,5)20/h9-10,16,20H,6-8,11-12,19H2,1-5H3. The summed E-state index contributed by atoms with van der Waals surface area (Å²) in [6, 6.07) is 4.51. The second-order valence-electron chi connectivity index (χ2n) is 6.89. The van der Waals surface area contributed by atoms with Gasteiger partial charge in [0.15, 0.2) is 0 Å². The van der Waals surface area contributed by atoms with E-state index in [1.54, 1.807) is 0 Å². The van der Waals surface area contributed by atoms with Gasteiger partial charge in [0.2, 0.25) is 0 Å². The van der Waals surface area contributed by atoms with Crippen molar-refractivity contribution in [2.24, 2.45) is 11.7 Å². The number of aryl methyl sites for hydroxylation is 3. The molecule has 3 N–H and O–H groups in total. The van der Waals surface area contributed by atoms with Gasteiger partial charge >= 0.3 is 0 Å². The normalized spacial score (nSPS) is 13.6. The lowest BCUT2D eigenvalue weighted by Crippen LogP contribution is -2.21. The van der Waals surface area contributed by atoms with Gasteiger partial charge in [-0.05, 0) is 83.0 Å². The second-order valence-corrected chi connectivity index (χ2v) is 6.89. The van der Waals surface area contributed by atoms with Crippen molar-refractivity contribution in [3.05, 3.63) is 34.4 Å². The first-order valence-corrected chi connectivity index (χ1v) is 7.72. The van der Waals surface area contributed by atoms with Crippen LogP contribution in [0.2, 0.25) is 0 Å². The van der Waals surface area contributed by atoms with E-state index in [0.717, 1.165) is 32.2 Å². The molecule has 2 nitrogen and oxygen atoms in total. The molecule has 0 aliphatic carbocycles. The minimum absolute atomic E-state index is 0.512. The molecule has 1 aromatic carbocycles. The maximum atomic E-state index is 9.78. The number of nitrogens with two attached hydrogens (primary N) is 1. The van der Waals surface area contributed by atoms with E-state index in [9.17, 15) is 5.11 Å². The molecule has 0 amide bonds. The molecule has 1 atom stereocenters. The van der Waals surface area contributed by atoms with Crippen LogP contribution in [0.4, 0.5) is 0 Å². The highest BCUT2D eigenvalue weighted by Crippen LogP contribution is 2.23. The summed E-state index contributed by atoms with van der Waals surface area (Å²) in [6.07, 6.45) is 4.03. The third-order valence-electron chi connectivity index (χ3n) is 4.07. The Bertz CT molecular complexity index is 409. The van der Waals surface area contributed by atoms with Crippen molar-refractivity contribution in [2.75, 3.05) is 6.54 Å². The van der Waals surface area contributed by atoms with E-state index in [1.807, 2.05) is 13.8 Å². The fraction of sp³-hybridized carbons (Fsp3) is 0.667. The van der Waals surface area contributed by atoms with E-state index in [1.165, 1.54) is 22.3 Å². The highest BCUT2D eigenvalue weighted by molar-refractivity contribution is 5.37. The molecule has 0 radical (unpaired) electrons. The van der Waals surface area contributed by atoms with E-state index < -0.39 is 5.60 Å². The van der Waals surface area contributed by atoms with Crippen molar-refractivity contribution in [1.29, 1.82) is 0 Å². The van der Waals surface area contributed by atoms with Crippen LogP contribution in [0.15, 0.2) is 12.1 Å². The van der Waals surface area contributed by atoms with E-state index >= 15 is 0 Å². The van der Waals surface area contributed by atoms with Crippen LogP contribution in [0, 0.1) is 26.7 Å². The van der Waals surface area contributed by atoms with Crippen LogP contribution in [0.3, 0.4) is 0 Å². The molecule has 0 aliphatic rings. The lowest BCUT2D eigenvalue weighted by Gasteiger charge is -2.21. The van der Waals surface area contributed by atoms with Gasteiger partial charge in [-0.2, -0.15) is 0 Å². The smallest absolute Gasteiger partial charge is 0.0591 e. The van der Waals surface area contributed by atoms with Crippen molar-refractivity contribution in [3.63, 3.8) is 0 Å². The summed E-state index contributed by atoms with van der Waals surface area (Å²) in [6.45, 7) is 11.0. The Kier molecular flexibility index (Phi) is 6.22. The second kappa shape index (κ2) is 7.24. The Morgan fingerprint density at radius 1 is 1.15 bits per heavy atom. The number of hydrogen-bond acceptors (Lipinski definition) is 2. The highest BCUT2D eigenvalue weighted by Gasteiger charge is 2.15. The summed E-state index contributed by atoms with van der Waals surface area (Å²) >= 11 is 0. The Labute approximate surface area is 124 Å². The molecule has 0 spiro atoms. The van der Waals surface area contributed by atoms with Crippen molar-refractivity contribution >= 4 is 0 Å². The summed E-state index contributed by atoms with van der Waals surface area (Å²) in [5, 5.41) is 9.78. The first-order valence-electron chi connectivity index (χ1n) is 7.72. The van der Waals surface area contributed by atoms with E-state index in [2.05, 4.69) is 32.9 Å². The number of hydrogen-bond donors (Lipinski definition) is 2. The first kappa shape index (κ1) is 17.2. The van der Waals surface area contributed by atoms with Gasteiger partial charge in [-0.15, -0.1) is 0 Å². The van der Waals surface area contributed by atoms with Crippen LogP contribution in [0.1, 0.15) is 55.4 Å². The van der Waals surface area contributed by atoms with Crippen molar-refractivity contribution in [3.8, 4) is 0 Å². The predicted molar refractivity (Wildman–Crippen MR) is 87.1 cm³/mol. The number of aliphatic hydroxyl groups is 1. The molecule has 1 unspecified atom stereocenters. The summed E-state index contributed by atoms with van der Waals surface area (Å²) in [5.41, 5.74) is 10.9. The average molecular weight is 277 g/mol. The average Bonchev–Trinajstić information content (AvgIpc) is 2.29. The molecular formula is C18H31NO. The Morgan fingerprint density at radius 3 is 2.15 bits per heavy atom. The molecule has 0 fully saturated rings. The summed E-state index contributed by atoms with van der Waals surface area (Å²) in [4.78, 5) is 0. The van der Waals surface area contributed by atoms with Crippen LogP contribution in [-0.4, -0.2) is 17.3 Å². The monoisotopic (exact) mass is 277 g/mol. The van der Waals surface area contributed by atoms with Crippen molar-refractivity contribution < 1.29 is 5.11 Å². The van der Waals surface area contributed by atoms with Gasteiger partial charge in [0.25, 0.3) is 0 Å². The largest absolute Gasteiger partial charge is 0.390 e. The lowest BCUT2D eigenvalue weighted by atomic mass is 9.87. The Hall–Kier alpha value is -0.860. The molecule has 0 saturated heterocycles. The summed E-state index contributed by atoms with van der Waals surface area (Å²) in [5.74, 6) is 0.512. The molecule has 0 aromatic heterocycles. The third-order valence-corrected chi connectivity index (χ3v) is 4.07. The minimum atomic E-state index is -0.561. The van der Waals surface area contributed by atoms with Crippen LogP contribution >= 0.6 is 0 Å². The summed E-state index contributed by atoms with van der Waals surface area (Å²) in [7, 11) is 0. The van der Waals surface area contributed by atoms with Crippen LogP contribution < -0.4 is 5.73 Å². The van der Waals surface area contributed by atoms with Crippen molar-refractivity contribution in [2.45, 2.75) is 65.9 Å². The lowest BCUT2D eigenvalue weighted by molar-refractivity contribution is 0.0669. The molecule has 0 aliphatic heterocycles. The Morgan fingerprint density at radius 2 is 1.70 bits per heavy atom. The van der Waals surface area contributed by atoms with E-state index in [0.29, 0.717) is 5.92 Å². The molecule has 2 heteroatoms. The molecule has 0 heterocycles. The van der Waals surface area contributed by atoms with Gasteiger partial charge in [0.1, 0.15) is 0 Å². The van der Waals surface area contributed by atoms with Crippen LogP contribution in [0.5, 0.6) is 0 Å². The molecule has 20 heavy (non-hydrogen) atoms. The molecular weight excluding hydrogens is 246 g/mol. The van der Waals surface area contributed by atoms with Gasteiger partial charge in [-0.25, -0.2) is 0 Å². The maximum Gasteiger partial charge on any atom is 0.0591 e. The molecule has 0 bridgehead atoms. The fourth-order valence-corrected chi connectivity index (χ4v) is 2.95. The zero-order valence-electron chi connectivity index (χ0n) is 13.8. The molecule has 1 aromatic rings. The SMILES string of the molecule is Cc1cc(C)c(CC(CN)CCCC(C)(C)O)c(C)c1. The van der Waals surface area contributed by atoms with Crippen LogP contribution in [0.25, 0.3) is 0 Å². The minimum Gasteiger partial charge on any atom is -0.390 e. The molecule has 1 rings (SSSR count). The molecule has 0 saturated carbocycles. The summed E-state index contributed by atoms with van der Waals surface area (Å²) < 4.78 is 0. The van der Waals surface area contributed by atoms with Gasteiger partial charge < -0.3 is 10.8 Å². The number of rotatable bonds is 7. The fourth-order valence-electron chi connectivity index (χ4n) is 2.95.